The highest BCUT2D eigenvalue weighted by molar-refractivity contribution is 8.00. The van der Waals surface area contributed by atoms with Crippen LogP contribution in [0.1, 0.15) is 10.8 Å². The molecule has 0 aliphatic rings. The van der Waals surface area contributed by atoms with Crippen molar-refractivity contribution in [3.05, 3.63) is 77.3 Å². The normalized spacial score (nSPS) is 12.1. The molecule has 0 aliphatic carbocycles. The number of carbonyl (C=O) groups excluding carboxylic acids is 1. The molecule has 1 aromatic heterocycles. The van der Waals surface area contributed by atoms with Crippen LogP contribution >= 0.6 is 23.4 Å². The third kappa shape index (κ3) is 3.60. The van der Waals surface area contributed by atoms with Gasteiger partial charge in [-0.15, -0.1) is 0 Å². The molecule has 0 saturated carbocycles. The molecule has 1 amide bonds. The van der Waals surface area contributed by atoms with Crippen LogP contribution in [-0.4, -0.2) is 15.5 Å². The SMILES string of the molecule is NC(=O)[C@@H](Sc1nccn1-c1cccc(Cl)c1)c1ccc(F)cc1. The highest BCUT2D eigenvalue weighted by Gasteiger charge is 2.22. The number of carbonyl (C=O) groups is 1. The predicted molar refractivity (Wildman–Crippen MR) is 92.8 cm³/mol. The zero-order chi connectivity index (χ0) is 17.1. The fraction of sp³-hybridized carbons (Fsp3) is 0.0588. The van der Waals surface area contributed by atoms with E-state index in [2.05, 4.69) is 4.98 Å². The second-order valence-electron chi connectivity index (χ2n) is 5.01. The van der Waals surface area contributed by atoms with E-state index in [1.807, 2.05) is 16.7 Å². The number of benzene rings is 2. The number of primary amides is 1. The van der Waals surface area contributed by atoms with E-state index in [1.54, 1.807) is 36.7 Å². The minimum Gasteiger partial charge on any atom is -0.368 e. The van der Waals surface area contributed by atoms with E-state index in [4.69, 9.17) is 17.3 Å². The van der Waals surface area contributed by atoms with Gasteiger partial charge in [0.1, 0.15) is 11.1 Å². The maximum absolute atomic E-state index is 13.1. The Morgan fingerprint density at radius 3 is 2.67 bits per heavy atom. The molecule has 0 radical (unpaired) electrons. The summed E-state index contributed by atoms with van der Waals surface area (Å²) in [6.45, 7) is 0. The van der Waals surface area contributed by atoms with Gasteiger partial charge in [-0.05, 0) is 35.9 Å². The summed E-state index contributed by atoms with van der Waals surface area (Å²) in [6, 6.07) is 13.0. The molecule has 0 saturated heterocycles. The maximum atomic E-state index is 13.1. The summed E-state index contributed by atoms with van der Waals surface area (Å²) in [4.78, 5) is 16.2. The quantitative estimate of drug-likeness (QED) is 0.699. The number of thioether (sulfide) groups is 1. The molecule has 0 aliphatic heterocycles. The molecule has 0 unspecified atom stereocenters. The highest BCUT2D eigenvalue weighted by atomic mass is 35.5. The Morgan fingerprint density at radius 1 is 1.25 bits per heavy atom. The van der Waals surface area contributed by atoms with Gasteiger partial charge in [0, 0.05) is 23.1 Å². The van der Waals surface area contributed by atoms with E-state index in [0.717, 1.165) is 5.69 Å². The van der Waals surface area contributed by atoms with E-state index in [9.17, 15) is 9.18 Å². The van der Waals surface area contributed by atoms with E-state index in [1.165, 1.54) is 23.9 Å². The van der Waals surface area contributed by atoms with Crippen molar-refractivity contribution in [1.82, 2.24) is 9.55 Å². The summed E-state index contributed by atoms with van der Waals surface area (Å²) in [5.41, 5.74) is 6.97. The van der Waals surface area contributed by atoms with Gasteiger partial charge in [-0.3, -0.25) is 9.36 Å². The monoisotopic (exact) mass is 361 g/mol. The Bertz CT molecular complexity index is 866. The van der Waals surface area contributed by atoms with Gasteiger partial charge in [0.05, 0.1) is 0 Å². The first-order chi connectivity index (χ1) is 11.5. The molecule has 0 bridgehead atoms. The average molecular weight is 362 g/mol. The molecule has 122 valence electrons. The van der Waals surface area contributed by atoms with Crippen molar-refractivity contribution in [3.8, 4) is 5.69 Å². The van der Waals surface area contributed by atoms with Crippen LogP contribution in [0.15, 0.2) is 66.1 Å². The van der Waals surface area contributed by atoms with Gasteiger partial charge >= 0.3 is 0 Å². The lowest BCUT2D eigenvalue weighted by atomic mass is 10.1. The molecule has 0 fully saturated rings. The summed E-state index contributed by atoms with van der Waals surface area (Å²) in [5, 5.41) is 0.512. The zero-order valence-electron chi connectivity index (χ0n) is 12.4. The molecule has 2 N–H and O–H groups in total. The molecule has 1 heterocycles. The molecule has 4 nitrogen and oxygen atoms in total. The second-order valence-corrected chi connectivity index (χ2v) is 6.52. The molecule has 1 atom stereocenters. The van der Waals surface area contributed by atoms with Gasteiger partial charge in [-0.2, -0.15) is 0 Å². The van der Waals surface area contributed by atoms with Crippen LogP contribution in [0.2, 0.25) is 5.02 Å². The number of imidazole rings is 1. The van der Waals surface area contributed by atoms with Crippen LogP contribution in [0.3, 0.4) is 0 Å². The largest absolute Gasteiger partial charge is 0.368 e. The Hall–Kier alpha value is -2.31. The fourth-order valence-electron chi connectivity index (χ4n) is 2.23. The summed E-state index contributed by atoms with van der Waals surface area (Å²) in [5.74, 6) is -0.889. The molecular weight excluding hydrogens is 349 g/mol. The summed E-state index contributed by atoms with van der Waals surface area (Å²) in [7, 11) is 0. The molecule has 2 aromatic carbocycles. The number of hydrogen-bond donors (Lipinski definition) is 1. The van der Waals surface area contributed by atoms with Gasteiger partial charge in [-0.1, -0.05) is 41.6 Å². The summed E-state index contributed by atoms with van der Waals surface area (Å²) >= 11 is 7.23. The minimum absolute atomic E-state index is 0.368. The average Bonchev–Trinajstić information content (AvgIpc) is 3.02. The van der Waals surface area contributed by atoms with Gasteiger partial charge in [0.15, 0.2) is 5.16 Å². The number of halogens is 2. The third-order valence-electron chi connectivity index (χ3n) is 3.35. The van der Waals surface area contributed by atoms with Crippen molar-refractivity contribution in [2.75, 3.05) is 0 Å². The van der Waals surface area contributed by atoms with Crippen LogP contribution in [0, 0.1) is 5.82 Å². The van der Waals surface area contributed by atoms with Crippen LogP contribution in [0.5, 0.6) is 0 Å². The van der Waals surface area contributed by atoms with Crippen molar-refractivity contribution in [2.45, 2.75) is 10.4 Å². The smallest absolute Gasteiger partial charge is 0.235 e. The molecular formula is C17H13ClFN3OS. The molecule has 24 heavy (non-hydrogen) atoms. The third-order valence-corrected chi connectivity index (χ3v) is 4.84. The number of aromatic nitrogens is 2. The standard InChI is InChI=1S/C17H13ClFN3OS/c18-12-2-1-3-14(10-12)22-9-8-21-17(22)24-15(16(20)23)11-4-6-13(19)7-5-11/h1-10,15H,(H2,20,23)/t15-/m0/s1. The number of nitrogens with two attached hydrogens (primary N) is 1. The highest BCUT2D eigenvalue weighted by Crippen LogP contribution is 2.35. The molecule has 3 rings (SSSR count). The number of amides is 1. The van der Waals surface area contributed by atoms with E-state index >= 15 is 0 Å². The second kappa shape index (κ2) is 7.07. The van der Waals surface area contributed by atoms with E-state index in [0.29, 0.717) is 15.7 Å². The maximum Gasteiger partial charge on any atom is 0.235 e. The Kier molecular flexibility index (Phi) is 4.87. The van der Waals surface area contributed by atoms with Crippen LogP contribution < -0.4 is 5.73 Å². The lowest BCUT2D eigenvalue weighted by Gasteiger charge is -2.14. The van der Waals surface area contributed by atoms with Crippen molar-refractivity contribution in [1.29, 1.82) is 0 Å². The zero-order valence-corrected chi connectivity index (χ0v) is 14.0. The lowest BCUT2D eigenvalue weighted by Crippen LogP contribution is -2.19. The first-order valence-corrected chi connectivity index (χ1v) is 8.31. The first-order valence-electron chi connectivity index (χ1n) is 7.05. The van der Waals surface area contributed by atoms with Crippen molar-refractivity contribution < 1.29 is 9.18 Å². The lowest BCUT2D eigenvalue weighted by molar-refractivity contribution is -0.117. The number of nitrogens with zero attached hydrogens (tertiary/aromatic N) is 2. The van der Waals surface area contributed by atoms with Crippen molar-refractivity contribution >= 4 is 29.3 Å². The molecule has 3 aromatic rings. The van der Waals surface area contributed by atoms with Gasteiger partial charge in [0.2, 0.25) is 5.91 Å². The van der Waals surface area contributed by atoms with E-state index in [-0.39, 0.29) is 5.82 Å². The van der Waals surface area contributed by atoms with Crippen molar-refractivity contribution in [2.24, 2.45) is 5.73 Å². The van der Waals surface area contributed by atoms with Gasteiger partial charge in [-0.25, -0.2) is 9.37 Å². The number of hydrogen-bond acceptors (Lipinski definition) is 3. The first kappa shape index (κ1) is 16.5. The van der Waals surface area contributed by atoms with E-state index < -0.39 is 11.2 Å². The minimum atomic E-state index is -0.675. The summed E-state index contributed by atoms with van der Waals surface area (Å²) < 4.78 is 14.9. The fourth-order valence-corrected chi connectivity index (χ4v) is 3.44. The van der Waals surface area contributed by atoms with Crippen LogP contribution in [0.4, 0.5) is 4.39 Å². The topological polar surface area (TPSA) is 60.9 Å². The van der Waals surface area contributed by atoms with Gasteiger partial charge < -0.3 is 5.73 Å². The Balaban J connectivity index is 1.93. The Morgan fingerprint density at radius 2 is 2.00 bits per heavy atom. The van der Waals surface area contributed by atoms with Crippen LogP contribution in [0.25, 0.3) is 5.69 Å². The van der Waals surface area contributed by atoms with Gasteiger partial charge in [0.25, 0.3) is 0 Å². The predicted octanol–water partition coefficient (Wildman–Crippen LogP) is 3.98. The summed E-state index contributed by atoms with van der Waals surface area (Å²) in [6.07, 6.45) is 3.41. The Labute approximate surface area is 147 Å². The number of rotatable bonds is 5. The van der Waals surface area contributed by atoms with Crippen LogP contribution in [-0.2, 0) is 4.79 Å². The molecule has 7 heteroatoms. The molecule has 0 spiro atoms. The van der Waals surface area contributed by atoms with Crippen molar-refractivity contribution in [3.63, 3.8) is 0 Å².